The van der Waals surface area contributed by atoms with Crippen LogP contribution in [0.1, 0.15) is 15.9 Å². The predicted octanol–water partition coefficient (Wildman–Crippen LogP) is 6.00. The van der Waals surface area contributed by atoms with E-state index in [9.17, 15) is 9.18 Å². The zero-order valence-electron chi connectivity index (χ0n) is 15.1. The van der Waals surface area contributed by atoms with E-state index in [1.165, 1.54) is 35.2 Å². The fourth-order valence-corrected chi connectivity index (χ4v) is 4.54. The van der Waals surface area contributed by atoms with Crippen molar-refractivity contribution in [1.82, 2.24) is 4.98 Å². The van der Waals surface area contributed by atoms with Crippen LogP contribution in [0.15, 0.2) is 77.7 Å². The first-order chi connectivity index (χ1) is 13.7. The zero-order chi connectivity index (χ0) is 19.5. The third kappa shape index (κ3) is 3.79. The van der Waals surface area contributed by atoms with Gasteiger partial charge in [0.2, 0.25) is 0 Å². The molecule has 0 saturated carbocycles. The number of carbonyl (C=O) groups excluding carboxylic acids is 1. The van der Waals surface area contributed by atoms with Crippen molar-refractivity contribution < 1.29 is 9.18 Å². The minimum absolute atomic E-state index is 0.117. The molecule has 0 aliphatic heterocycles. The maximum absolute atomic E-state index is 13.6. The molecule has 6 heteroatoms. The van der Waals surface area contributed by atoms with E-state index >= 15 is 0 Å². The van der Waals surface area contributed by atoms with E-state index in [-0.39, 0.29) is 11.7 Å². The van der Waals surface area contributed by atoms with Crippen molar-refractivity contribution in [3.8, 4) is 0 Å². The molecule has 0 N–H and O–H groups in total. The number of hydrogen-bond acceptors (Lipinski definition) is 4. The summed E-state index contributed by atoms with van der Waals surface area (Å²) in [4.78, 5) is 20.7. The number of thiazole rings is 1. The van der Waals surface area contributed by atoms with Crippen molar-refractivity contribution in [3.05, 3.63) is 89.7 Å². The quantitative estimate of drug-likeness (QED) is 0.380. The smallest absolute Gasteiger partial charge is 0.261 e. The van der Waals surface area contributed by atoms with Crippen LogP contribution in [0.2, 0.25) is 0 Å². The third-order valence-electron chi connectivity index (χ3n) is 4.34. The second kappa shape index (κ2) is 8.12. The lowest BCUT2D eigenvalue weighted by molar-refractivity contribution is 0.0982. The van der Waals surface area contributed by atoms with Gasteiger partial charge in [0.15, 0.2) is 5.13 Å². The van der Waals surface area contributed by atoms with Gasteiger partial charge >= 0.3 is 0 Å². The van der Waals surface area contributed by atoms with Gasteiger partial charge in [-0.05, 0) is 42.2 Å². The standard InChI is InChI=1S/C22H17FN2OS2/c1-27-19-10-6-5-9-17(19)21(26)25(14-15-7-3-2-4-8-15)22-24-18-12-11-16(23)13-20(18)28-22/h2-13H,14H2,1H3. The fourth-order valence-electron chi connectivity index (χ4n) is 2.96. The van der Waals surface area contributed by atoms with Gasteiger partial charge in [0.05, 0.1) is 22.3 Å². The average Bonchev–Trinajstić information content (AvgIpc) is 3.15. The molecule has 0 radical (unpaired) electrons. The van der Waals surface area contributed by atoms with E-state index in [0.29, 0.717) is 22.8 Å². The van der Waals surface area contributed by atoms with Crippen molar-refractivity contribution in [2.24, 2.45) is 0 Å². The van der Waals surface area contributed by atoms with Gasteiger partial charge in [0.25, 0.3) is 5.91 Å². The second-order valence-electron chi connectivity index (χ2n) is 6.19. The number of thioether (sulfide) groups is 1. The highest BCUT2D eigenvalue weighted by Crippen LogP contribution is 2.32. The first-order valence-electron chi connectivity index (χ1n) is 8.70. The number of halogens is 1. The number of carbonyl (C=O) groups is 1. The Morgan fingerprint density at radius 2 is 1.82 bits per heavy atom. The van der Waals surface area contributed by atoms with Crippen LogP contribution in [0.3, 0.4) is 0 Å². The van der Waals surface area contributed by atoms with Crippen LogP contribution < -0.4 is 4.90 Å². The largest absolute Gasteiger partial charge is 0.279 e. The van der Waals surface area contributed by atoms with Gasteiger partial charge < -0.3 is 0 Å². The molecule has 0 bridgehead atoms. The van der Waals surface area contributed by atoms with Gasteiger partial charge in [-0.1, -0.05) is 53.8 Å². The molecule has 140 valence electrons. The molecule has 4 rings (SSSR count). The summed E-state index contributed by atoms with van der Waals surface area (Å²) in [6.45, 7) is 0.394. The van der Waals surface area contributed by atoms with E-state index in [2.05, 4.69) is 4.98 Å². The van der Waals surface area contributed by atoms with Gasteiger partial charge in [-0.15, -0.1) is 11.8 Å². The molecular formula is C22H17FN2OS2. The average molecular weight is 409 g/mol. The van der Waals surface area contributed by atoms with Crippen LogP contribution in [-0.4, -0.2) is 17.1 Å². The van der Waals surface area contributed by atoms with Gasteiger partial charge in [-0.2, -0.15) is 0 Å². The summed E-state index contributed by atoms with van der Waals surface area (Å²) in [5.74, 6) is -0.426. The second-order valence-corrected chi connectivity index (χ2v) is 8.04. The summed E-state index contributed by atoms with van der Waals surface area (Å²) < 4.78 is 14.3. The lowest BCUT2D eigenvalue weighted by Crippen LogP contribution is -2.30. The van der Waals surface area contributed by atoms with Crippen molar-refractivity contribution in [3.63, 3.8) is 0 Å². The van der Waals surface area contributed by atoms with E-state index in [0.717, 1.165) is 15.2 Å². The normalized spacial score (nSPS) is 10.9. The number of anilines is 1. The summed E-state index contributed by atoms with van der Waals surface area (Å²) in [6, 6.07) is 21.8. The molecule has 28 heavy (non-hydrogen) atoms. The molecule has 1 heterocycles. The highest BCUT2D eigenvalue weighted by Gasteiger charge is 2.23. The van der Waals surface area contributed by atoms with Crippen molar-refractivity contribution in [1.29, 1.82) is 0 Å². The molecule has 4 aromatic rings. The molecule has 0 spiro atoms. The monoisotopic (exact) mass is 408 g/mol. The first-order valence-corrected chi connectivity index (χ1v) is 10.7. The Kier molecular flexibility index (Phi) is 5.41. The molecule has 0 atom stereocenters. The molecular weight excluding hydrogens is 391 g/mol. The van der Waals surface area contributed by atoms with E-state index in [1.54, 1.807) is 11.0 Å². The van der Waals surface area contributed by atoms with Crippen LogP contribution in [0.25, 0.3) is 10.2 Å². The Morgan fingerprint density at radius 1 is 1.07 bits per heavy atom. The molecule has 3 aromatic carbocycles. The highest BCUT2D eigenvalue weighted by molar-refractivity contribution is 7.98. The van der Waals surface area contributed by atoms with Crippen LogP contribution in [-0.2, 0) is 6.54 Å². The Labute approximate surface area is 170 Å². The van der Waals surface area contributed by atoms with Crippen molar-refractivity contribution >= 4 is 44.4 Å². The van der Waals surface area contributed by atoms with Crippen molar-refractivity contribution in [2.45, 2.75) is 11.4 Å². The molecule has 0 aliphatic carbocycles. The van der Waals surface area contributed by atoms with E-state index in [1.807, 2.05) is 60.9 Å². The van der Waals surface area contributed by atoms with E-state index in [4.69, 9.17) is 0 Å². The maximum atomic E-state index is 13.6. The number of hydrogen-bond donors (Lipinski definition) is 0. The maximum Gasteiger partial charge on any atom is 0.261 e. The predicted molar refractivity (Wildman–Crippen MR) is 115 cm³/mol. The Hall–Kier alpha value is -2.70. The van der Waals surface area contributed by atoms with Gasteiger partial charge in [-0.25, -0.2) is 9.37 Å². The summed E-state index contributed by atoms with van der Waals surface area (Å²) >= 11 is 2.86. The minimum atomic E-state index is -0.309. The zero-order valence-corrected chi connectivity index (χ0v) is 16.8. The molecule has 0 aliphatic rings. The van der Waals surface area contributed by atoms with E-state index < -0.39 is 0 Å². The molecule has 0 unspecified atom stereocenters. The van der Waals surface area contributed by atoms with Crippen LogP contribution >= 0.6 is 23.1 Å². The summed E-state index contributed by atoms with van der Waals surface area (Å²) in [6.07, 6.45) is 1.95. The highest BCUT2D eigenvalue weighted by atomic mass is 32.2. The van der Waals surface area contributed by atoms with Crippen LogP contribution in [0, 0.1) is 5.82 Å². The van der Waals surface area contributed by atoms with Gasteiger partial charge in [0, 0.05) is 4.90 Å². The summed E-state index contributed by atoms with van der Waals surface area (Å²) in [7, 11) is 0. The van der Waals surface area contributed by atoms with Crippen molar-refractivity contribution in [2.75, 3.05) is 11.2 Å². The van der Waals surface area contributed by atoms with Crippen LogP contribution in [0.5, 0.6) is 0 Å². The lowest BCUT2D eigenvalue weighted by atomic mass is 10.1. The number of fused-ring (bicyclic) bond motifs is 1. The SMILES string of the molecule is CSc1ccccc1C(=O)N(Cc1ccccc1)c1nc2ccc(F)cc2s1. The fraction of sp³-hybridized carbons (Fsp3) is 0.0909. The third-order valence-corrected chi connectivity index (χ3v) is 6.17. The molecule has 0 fully saturated rings. The number of benzene rings is 3. The summed E-state index contributed by atoms with van der Waals surface area (Å²) in [5.41, 5.74) is 2.32. The number of amides is 1. The molecule has 1 aromatic heterocycles. The molecule has 0 saturated heterocycles. The topological polar surface area (TPSA) is 33.2 Å². The Balaban J connectivity index is 1.79. The molecule has 1 amide bonds. The number of nitrogens with zero attached hydrogens (tertiary/aromatic N) is 2. The Bertz CT molecular complexity index is 1130. The van der Waals surface area contributed by atoms with Crippen LogP contribution in [0.4, 0.5) is 9.52 Å². The summed E-state index contributed by atoms with van der Waals surface area (Å²) in [5, 5.41) is 0.561. The number of rotatable bonds is 5. The minimum Gasteiger partial charge on any atom is -0.279 e. The lowest BCUT2D eigenvalue weighted by Gasteiger charge is -2.21. The first kappa shape index (κ1) is 18.7. The Morgan fingerprint density at radius 3 is 2.61 bits per heavy atom. The van der Waals surface area contributed by atoms with Gasteiger partial charge in [-0.3, -0.25) is 9.69 Å². The molecule has 3 nitrogen and oxygen atoms in total. The number of aromatic nitrogens is 1. The van der Waals surface area contributed by atoms with Gasteiger partial charge in [0.1, 0.15) is 5.82 Å².